The van der Waals surface area contributed by atoms with E-state index in [2.05, 4.69) is 98.8 Å². The molecule has 0 saturated heterocycles. The maximum atomic E-state index is 9.99. The second-order valence-electron chi connectivity index (χ2n) is 12.9. The number of para-hydroxylation sites is 2. The molecule has 2 unspecified atom stereocenters. The van der Waals surface area contributed by atoms with E-state index in [-0.39, 0.29) is 18.6 Å². The Morgan fingerprint density at radius 1 is 0.686 bits per heavy atom. The van der Waals surface area contributed by atoms with Gasteiger partial charge in [0.25, 0.3) is 0 Å². The minimum absolute atomic E-state index is 0.174. The summed E-state index contributed by atoms with van der Waals surface area (Å²) in [6.45, 7) is 4.59. The third-order valence-corrected chi connectivity index (χ3v) is 12.3. The van der Waals surface area contributed by atoms with E-state index in [0.717, 1.165) is 25.7 Å². The Kier molecular flexibility index (Phi) is 11.5. The van der Waals surface area contributed by atoms with Gasteiger partial charge in [0, 0.05) is 0 Å². The van der Waals surface area contributed by atoms with Gasteiger partial charge in [-0.05, 0) is 0 Å². The van der Waals surface area contributed by atoms with Crippen molar-refractivity contribution in [2.24, 2.45) is 0 Å². The van der Waals surface area contributed by atoms with Crippen LogP contribution < -0.4 is 30.5 Å². The van der Waals surface area contributed by atoms with Gasteiger partial charge in [0.15, 0.2) is 0 Å². The van der Waals surface area contributed by atoms with Crippen LogP contribution in [0.5, 0.6) is 11.5 Å². The molecular formula is C45H43BIO4-. The molecule has 0 spiro atoms. The Morgan fingerprint density at radius 2 is 1.29 bits per heavy atom. The fraction of sp³-hybridized carbons (Fsp3) is 0.200. The molecule has 1 aliphatic rings. The van der Waals surface area contributed by atoms with Crippen LogP contribution in [0.1, 0.15) is 66.9 Å². The van der Waals surface area contributed by atoms with Gasteiger partial charge in [0.1, 0.15) is 0 Å². The van der Waals surface area contributed by atoms with Crippen molar-refractivity contribution in [1.82, 2.24) is 0 Å². The summed E-state index contributed by atoms with van der Waals surface area (Å²) in [5.41, 5.74) is 10.2. The zero-order valence-corrected chi connectivity index (χ0v) is 31.3. The second-order valence-corrected chi connectivity index (χ2v) is 15.8. The molecule has 2 atom stereocenters. The van der Waals surface area contributed by atoms with E-state index < -0.39 is 28.5 Å². The Labute approximate surface area is 312 Å². The molecule has 258 valence electrons. The van der Waals surface area contributed by atoms with E-state index >= 15 is 0 Å². The van der Waals surface area contributed by atoms with Gasteiger partial charge >= 0.3 is 314 Å². The second kappa shape index (κ2) is 16.8. The van der Waals surface area contributed by atoms with Crippen LogP contribution in [0.3, 0.4) is 0 Å². The number of aliphatic hydroxyl groups excluding tert-OH is 1. The summed E-state index contributed by atoms with van der Waals surface area (Å²) >= 11 is -0.537. The van der Waals surface area contributed by atoms with E-state index in [1.165, 1.54) is 51.6 Å². The van der Waals surface area contributed by atoms with Crippen molar-refractivity contribution in [2.45, 2.75) is 51.6 Å². The maximum absolute atomic E-state index is 9.99. The number of aliphatic hydroxyl groups is 1. The molecule has 4 nitrogen and oxygen atoms in total. The zero-order valence-electron chi connectivity index (χ0n) is 29.2. The van der Waals surface area contributed by atoms with Crippen LogP contribution in [0.4, 0.5) is 0 Å². The predicted molar refractivity (Wildman–Crippen MR) is 203 cm³/mol. The first-order chi connectivity index (χ1) is 25.1. The quantitative estimate of drug-likeness (QED) is 0.0859. The summed E-state index contributed by atoms with van der Waals surface area (Å²) in [5, 5.41) is 9.99. The van der Waals surface area contributed by atoms with E-state index in [4.69, 9.17) is 14.0 Å². The first-order valence-electron chi connectivity index (χ1n) is 17.9. The van der Waals surface area contributed by atoms with E-state index in [1.807, 2.05) is 60.7 Å². The fourth-order valence-electron chi connectivity index (χ4n) is 7.23. The third-order valence-electron chi connectivity index (χ3n) is 9.46. The summed E-state index contributed by atoms with van der Waals surface area (Å²) < 4.78 is 22.7. The molecule has 6 heteroatoms. The number of fused-ring (bicyclic) bond motifs is 3. The van der Waals surface area contributed by atoms with Crippen molar-refractivity contribution in [2.75, 3.05) is 6.61 Å². The number of halogens is 1. The van der Waals surface area contributed by atoms with Crippen molar-refractivity contribution in [3.63, 3.8) is 0 Å². The van der Waals surface area contributed by atoms with Crippen LogP contribution in [0.25, 0.3) is 22.3 Å². The molecule has 0 heterocycles. The molecule has 1 aliphatic carbocycles. The molecule has 0 amide bonds. The first-order valence-corrected chi connectivity index (χ1v) is 20.1. The van der Waals surface area contributed by atoms with Gasteiger partial charge in [-0.2, -0.15) is 0 Å². The van der Waals surface area contributed by atoms with Crippen LogP contribution in [-0.4, -0.2) is 19.0 Å². The van der Waals surface area contributed by atoms with Crippen LogP contribution in [0.15, 0.2) is 146 Å². The SMILES string of the molecule is CCCC(OB(Oc1ccccc1)Oc1ccccc1)c1c(C)ccc([I-]c2ccccc2)c1-c1cccc2c1C(CCCO)c1ccccc1-2. The topological polar surface area (TPSA) is 47.9 Å². The van der Waals surface area contributed by atoms with Crippen LogP contribution in [-0.2, 0) is 4.65 Å². The fourth-order valence-corrected chi connectivity index (χ4v) is 9.88. The Hall–Kier alpha value is -4.37. The van der Waals surface area contributed by atoms with Gasteiger partial charge in [-0.15, -0.1) is 0 Å². The van der Waals surface area contributed by atoms with Crippen molar-refractivity contribution in [3.05, 3.63) is 175 Å². The zero-order chi connectivity index (χ0) is 35.0. The van der Waals surface area contributed by atoms with E-state index in [1.54, 1.807) is 0 Å². The molecule has 0 aromatic heterocycles. The normalized spacial score (nSPS) is 13.7. The van der Waals surface area contributed by atoms with Gasteiger partial charge in [-0.25, -0.2) is 0 Å². The molecule has 6 aromatic carbocycles. The average Bonchev–Trinajstić information content (AvgIpc) is 3.49. The molecule has 0 bridgehead atoms. The minimum atomic E-state index is -0.978. The van der Waals surface area contributed by atoms with Gasteiger partial charge in [0.05, 0.1) is 0 Å². The molecule has 0 radical (unpaired) electrons. The predicted octanol–water partition coefficient (Wildman–Crippen LogP) is 7.68. The van der Waals surface area contributed by atoms with Gasteiger partial charge in [-0.3, -0.25) is 0 Å². The van der Waals surface area contributed by atoms with Crippen LogP contribution in [0.2, 0.25) is 0 Å². The van der Waals surface area contributed by atoms with Crippen LogP contribution in [0, 0.1) is 14.1 Å². The number of hydrogen-bond donors (Lipinski definition) is 1. The summed E-state index contributed by atoms with van der Waals surface area (Å²) in [6.07, 6.45) is 3.03. The van der Waals surface area contributed by atoms with Gasteiger partial charge in [0.2, 0.25) is 0 Å². The molecule has 7 rings (SSSR count). The summed E-state index contributed by atoms with van der Waals surface area (Å²) in [5.74, 6) is 1.55. The van der Waals surface area contributed by atoms with Gasteiger partial charge in [-0.1, -0.05) is 0 Å². The monoisotopic (exact) mass is 785 g/mol. The average molecular weight is 786 g/mol. The van der Waals surface area contributed by atoms with Crippen LogP contribution >= 0.6 is 0 Å². The molecular weight excluding hydrogens is 742 g/mol. The van der Waals surface area contributed by atoms with E-state index in [0.29, 0.717) is 11.5 Å². The number of hydrogen-bond acceptors (Lipinski definition) is 4. The van der Waals surface area contributed by atoms with Crippen molar-refractivity contribution in [3.8, 4) is 33.8 Å². The first kappa shape index (κ1) is 35.1. The number of aryl methyl sites for hydroxylation is 1. The van der Waals surface area contributed by atoms with Crippen molar-refractivity contribution < 1.29 is 40.3 Å². The summed E-state index contributed by atoms with van der Waals surface area (Å²) in [7, 11) is -0.978. The Balaban J connectivity index is 1.40. The number of benzene rings is 6. The molecule has 0 saturated carbocycles. The summed E-state index contributed by atoms with van der Waals surface area (Å²) in [6, 6.07) is 50.6. The molecule has 1 N–H and O–H groups in total. The van der Waals surface area contributed by atoms with E-state index in [9.17, 15) is 5.11 Å². The Bertz CT molecular complexity index is 2000. The Morgan fingerprint density at radius 3 is 1.96 bits per heavy atom. The van der Waals surface area contributed by atoms with Gasteiger partial charge < -0.3 is 0 Å². The molecule has 6 aromatic rings. The van der Waals surface area contributed by atoms with Crippen molar-refractivity contribution >= 4 is 7.32 Å². The summed E-state index contributed by atoms with van der Waals surface area (Å²) in [4.78, 5) is 0. The standard InChI is InChI=1S/C45H43BIO4/c1-3-17-42(51-46(49-34-20-9-5-10-21-34)50-35-22-11-6-12-23-35)43-32(2)29-30-41(47-33-18-7-4-8-19-33)45(43)40-27-15-26-38-36-24-13-14-25-37(36)39(44(38)40)28-16-31-48/h4-15,18-27,29-30,39,42,48H,3,16-17,28,31H2,1-2H3/q-1. The number of rotatable bonds is 15. The molecule has 0 aliphatic heterocycles. The molecule has 51 heavy (non-hydrogen) atoms. The van der Waals surface area contributed by atoms with Crippen molar-refractivity contribution in [1.29, 1.82) is 0 Å². The molecule has 0 fully saturated rings. The third kappa shape index (κ3) is 7.94.